The van der Waals surface area contributed by atoms with Gasteiger partial charge in [-0.1, -0.05) is 13.0 Å². The number of nitrogens with zero attached hydrogens (tertiary/aromatic N) is 3. The lowest BCUT2D eigenvalue weighted by molar-refractivity contribution is -0.146. The molecule has 1 aliphatic heterocycles. The summed E-state index contributed by atoms with van der Waals surface area (Å²) in [4.78, 5) is 50.1. The molecule has 42 heavy (non-hydrogen) atoms. The van der Waals surface area contributed by atoms with Gasteiger partial charge in [0.15, 0.2) is 0 Å². The third-order valence-corrected chi connectivity index (χ3v) is 8.54. The molecule has 2 N–H and O–H groups in total. The van der Waals surface area contributed by atoms with E-state index in [1.54, 1.807) is 50.2 Å². The minimum Gasteiger partial charge on any atom is -0.444 e. The number of rotatable bonds is 7. The zero-order chi connectivity index (χ0) is 30.0. The summed E-state index contributed by atoms with van der Waals surface area (Å²) in [5, 5.41) is 6.50. The first-order valence-corrected chi connectivity index (χ1v) is 15.3. The highest BCUT2D eigenvalue weighted by atomic mass is 32.1. The topological polar surface area (TPSA) is 123 Å². The number of methoxy groups -OCH3 is 1. The van der Waals surface area contributed by atoms with Crippen LogP contribution in [0.4, 0.5) is 16.3 Å². The van der Waals surface area contributed by atoms with Crippen LogP contribution in [0.5, 0.6) is 0 Å². The van der Waals surface area contributed by atoms with Gasteiger partial charge in [-0.05, 0) is 82.1 Å². The number of piperidine rings is 1. The van der Waals surface area contributed by atoms with Gasteiger partial charge in [0.2, 0.25) is 0 Å². The molecule has 3 amide bonds. The van der Waals surface area contributed by atoms with Gasteiger partial charge in [-0.2, -0.15) is 0 Å². The van der Waals surface area contributed by atoms with E-state index in [1.165, 1.54) is 6.20 Å². The molecule has 2 aliphatic rings. The molecule has 0 unspecified atom stereocenters. The summed E-state index contributed by atoms with van der Waals surface area (Å²) in [6.45, 7) is 8.59. The molecule has 0 radical (unpaired) electrons. The predicted molar refractivity (Wildman–Crippen MR) is 163 cm³/mol. The van der Waals surface area contributed by atoms with Gasteiger partial charge >= 0.3 is 17.9 Å². The van der Waals surface area contributed by atoms with Crippen LogP contribution >= 0.6 is 11.3 Å². The lowest BCUT2D eigenvalue weighted by atomic mass is 9.89. The van der Waals surface area contributed by atoms with Crippen molar-refractivity contribution in [1.29, 1.82) is 0 Å². The van der Waals surface area contributed by atoms with Crippen molar-refractivity contribution in [3.05, 3.63) is 46.6 Å². The number of carbonyl (C=O) groups is 3. The van der Waals surface area contributed by atoms with E-state index >= 15 is 0 Å². The lowest BCUT2D eigenvalue weighted by Crippen LogP contribution is -2.46. The molecule has 0 spiro atoms. The molecule has 5 rings (SSSR count). The standard InChI is InChI=1S/C31H39N5O5S/c1-18-6-10-24(20-9-11-25-23(14-20)34-26(42-25)12-13-40-5)36(17-18)29(38)28(37)33-21-15-22(19-7-8-19)27(32-16-21)35-30(39)41-31(2,3)4/h9,11,14-16,18-19,24H,6-8,10,12-13,17H2,1-5H3,(H,33,37)(H,32,35,39)/t18-,24+/m0/s1. The van der Waals surface area contributed by atoms with Gasteiger partial charge < -0.3 is 19.7 Å². The Bertz CT molecular complexity index is 1480. The van der Waals surface area contributed by atoms with E-state index in [0.717, 1.165) is 58.5 Å². The number of nitrogens with one attached hydrogen (secondary N) is 2. The van der Waals surface area contributed by atoms with Crippen LogP contribution in [-0.2, 0) is 25.5 Å². The number of amides is 3. The summed E-state index contributed by atoms with van der Waals surface area (Å²) in [5.74, 6) is -0.360. The number of anilines is 2. The van der Waals surface area contributed by atoms with Crippen LogP contribution in [0.25, 0.3) is 10.2 Å². The number of fused-ring (bicyclic) bond motifs is 1. The van der Waals surface area contributed by atoms with Crippen LogP contribution in [0.1, 0.15) is 81.5 Å². The van der Waals surface area contributed by atoms with Crippen molar-refractivity contribution in [3.63, 3.8) is 0 Å². The summed E-state index contributed by atoms with van der Waals surface area (Å²) in [5.41, 5.74) is 2.48. The van der Waals surface area contributed by atoms with Crippen molar-refractivity contribution in [2.75, 3.05) is 30.9 Å². The van der Waals surface area contributed by atoms with Crippen LogP contribution in [0.15, 0.2) is 30.5 Å². The lowest BCUT2D eigenvalue weighted by Gasteiger charge is -2.38. The Balaban J connectivity index is 1.31. The van der Waals surface area contributed by atoms with Gasteiger partial charge in [0, 0.05) is 25.6 Å². The summed E-state index contributed by atoms with van der Waals surface area (Å²) < 4.78 is 11.7. The summed E-state index contributed by atoms with van der Waals surface area (Å²) in [6, 6.07) is 7.71. The summed E-state index contributed by atoms with van der Waals surface area (Å²) in [6.07, 6.45) is 5.28. The number of aromatic nitrogens is 2. The van der Waals surface area contributed by atoms with Gasteiger partial charge in [-0.15, -0.1) is 11.3 Å². The van der Waals surface area contributed by atoms with E-state index in [2.05, 4.69) is 28.6 Å². The molecule has 1 saturated heterocycles. The highest BCUT2D eigenvalue weighted by Crippen LogP contribution is 2.44. The Morgan fingerprint density at radius 2 is 1.88 bits per heavy atom. The Hall–Kier alpha value is -3.57. The van der Waals surface area contributed by atoms with Crippen molar-refractivity contribution >= 4 is 51.0 Å². The van der Waals surface area contributed by atoms with Crippen molar-refractivity contribution in [2.24, 2.45) is 5.92 Å². The second-order valence-corrected chi connectivity index (χ2v) is 13.4. The summed E-state index contributed by atoms with van der Waals surface area (Å²) >= 11 is 1.65. The highest BCUT2D eigenvalue weighted by Gasteiger charge is 2.35. The fourth-order valence-corrected chi connectivity index (χ4v) is 6.22. The van der Waals surface area contributed by atoms with E-state index in [-0.39, 0.29) is 17.9 Å². The normalized spacial score (nSPS) is 19.0. The number of thiazole rings is 1. The largest absolute Gasteiger partial charge is 0.444 e. The molecule has 3 aromatic rings. The van der Waals surface area contributed by atoms with Gasteiger partial charge in [-0.3, -0.25) is 14.9 Å². The van der Waals surface area contributed by atoms with E-state index in [4.69, 9.17) is 14.5 Å². The quantitative estimate of drug-likeness (QED) is 0.320. The number of ether oxygens (including phenoxy) is 2. The SMILES string of the molecule is COCCc1nc2cc([C@H]3CC[C@H](C)CN3C(=O)C(=O)Nc3cnc(NC(=O)OC(C)(C)C)c(C4CC4)c3)ccc2s1. The molecule has 3 heterocycles. The van der Waals surface area contributed by atoms with E-state index in [1.807, 2.05) is 12.1 Å². The molecule has 1 aromatic carbocycles. The first-order chi connectivity index (χ1) is 20.0. The molecule has 2 atom stereocenters. The van der Waals surface area contributed by atoms with Crippen molar-refractivity contribution in [2.45, 2.75) is 77.4 Å². The first-order valence-electron chi connectivity index (χ1n) is 14.5. The molecule has 2 fully saturated rings. The van der Waals surface area contributed by atoms with Crippen LogP contribution < -0.4 is 10.6 Å². The molecular formula is C31H39N5O5S. The third kappa shape index (κ3) is 7.25. The maximum Gasteiger partial charge on any atom is 0.413 e. The van der Waals surface area contributed by atoms with Crippen molar-refractivity contribution in [1.82, 2.24) is 14.9 Å². The molecule has 10 nitrogen and oxygen atoms in total. The van der Waals surface area contributed by atoms with Gasteiger partial charge in [0.25, 0.3) is 0 Å². The number of pyridine rings is 1. The van der Waals surface area contributed by atoms with Crippen LogP contribution in [0.3, 0.4) is 0 Å². The number of hydrogen-bond acceptors (Lipinski definition) is 8. The third-order valence-electron chi connectivity index (χ3n) is 7.44. The van der Waals surface area contributed by atoms with Crippen LogP contribution in [0, 0.1) is 5.92 Å². The minimum absolute atomic E-state index is 0.214. The fourth-order valence-electron chi connectivity index (χ4n) is 5.29. The fraction of sp³-hybridized carbons (Fsp3) is 0.516. The average molecular weight is 594 g/mol. The van der Waals surface area contributed by atoms with E-state index in [9.17, 15) is 14.4 Å². The van der Waals surface area contributed by atoms with Gasteiger partial charge in [0.1, 0.15) is 11.4 Å². The minimum atomic E-state index is -0.706. The predicted octanol–water partition coefficient (Wildman–Crippen LogP) is 6.04. The molecule has 1 aliphatic carbocycles. The number of benzene rings is 1. The Morgan fingerprint density at radius 3 is 2.60 bits per heavy atom. The monoisotopic (exact) mass is 593 g/mol. The van der Waals surface area contributed by atoms with Gasteiger partial charge in [-0.25, -0.2) is 14.8 Å². The molecular weight excluding hydrogens is 554 g/mol. The number of likely N-dealkylation sites (tertiary alicyclic amines) is 1. The number of carbonyl (C=O) groups excluding carboxylic acids is 3. The van der Waals surface area contributed by atoms with Crippen molar-refractivity contribution in [3.8, 4) is 0 Å². The van der Waals surface area contributed by atoms with Crippen molar-refractivity contribution < 1.29 is 23.9 Å². The maximum absolute atomic E-state index is 13.6. The molecule has 11 heteroatoms. The summed E-state index contributed by atoms with van der Waals surface area (Å²) in [7, 11) is 1.68. The van der Waals surface area contributed by atoms with Crippen LogP contribution in [-0.4, -0.2) is 58.6 Å². The first kappa shape index (κ1) is 29.9. The molecule has 1 saturated carbocycles. The Labute approximate surface area is 250 Å². The van der Waals surface area contributed by atoms with E-state index in [0.29, 0.717) is 24.7 Å². The zero-order valence-electron chi connectivity index (χ0n) is 24.9. The average Bonchev–Trinajstić information content (AvgIpc) is 3.70. The zero-order valence-corrected chi connectivity index (χ0v) is 25.7. The van der Waals surface area contributed by atoms with Crippen LogP contribution in [0.2, 0.25) is 0 Å². The molecule has 224 valence electrons. The van der Waals surface area contributed by atoms with E-state index < -0.39 is 23.5 Å². The maximum atomic E-state index is 13.6. The Kier molecular flexibility index (Phi) is 8.79. The second-order valence-electron chi connectivity index (χ2n) is 12.3. The van der Waals surface area contributed by atoms with Gasteiger partial charge in [0.05, 0.1) is 39.8 Å². The Morgan fingerprint density at radius 1 is 1.10 bits per heavy atom. The highest BCUT2D eigenvalue weighted by molar-refractivity contribution is 7.18. The second kappa shape index (κ2) is 12.3. The molecule has 0 bridgehead atoms. The number of hydrogen-bond donors (Lipinski definition) is 2. The smallest absolute Gasteiger partial charge is 0.413 e. The molecule has 2 aromatic heterocycles.